The first-order chi connectivity index (χ1) is 9.07. The van der Waals surface area contributed by atoms with Crippen LogP contribution in [-0.2, 0) is 14.4 Å². The minimum atomic E-state index is -1.24. The highest BCUT2D eigenvalue weighted by molar-refractivity contribution is 6.07. The van der Waals surface area contributed by atoms with Crippen molar-refractivity contribution < 1.29 is 24.3 Å². The Morgan fingerprint density at radius 3 is 1.95 bits per heavy atom. The Balaban J connectivity index is 4.64. The van der Waals surface area contributed by atoms with Gasteiger partial charge in [0.25, 0.3) is 5.91 Å². The molecule has 112 valence electrons. The van der Waals surface area contributed by atoms with Gasteiger partial charge in [0.15, 0.2) is 0 Å². The van der Waals surface area contributed by atoms with Crippen molar-refractivity contribution in [2.75, 3.05) is 14.1 Å². The molecule has 3 N–H and O–H groups in total. The van der Waals surface area contributed by atoms with E-state index in [4.69, 9.17) is 5.11 Å². The largest absolute Gasteiger partial charge is 0.478 e. The lowest BCUT2D eigenvalue weighted by Crippen LogP contribution is -2.49. The zero-order chi connectivity index (χ0) is 16.0. The fraction of sp³-hybridized carbons (Fsp3) is 0.500. The van der Waals surface area contributed by atoms with Crippen molar-refractivity contribution in [3.63, 3.8) is 0 Å². The Hall–Kier alpha value is -2.38. The van der Waals surface area contributed by atoms with Gasteiger partial charge in [-0.25, -0.2) is 9.59 Å². The number of hydrogen-bond donors (Lipinski definition) is 3. The summed E-state index contributed by atoms with van der Waals surface area (Å²) in [5.41, 5.74) is -0.244. The second kappa shape index (κ2) is 7.27. The number of imide groups is 1. The van der Waals surface area contributed by atoms with Crippen LogP contribution in [0.3, 0.4) is 0 Å². The van der Waals surface area contributed by atoms with E-state index in [1.54, 1.807) is 0 Å². The molecule has 0 aliphatic carbocycles. The number of hydrogen-bond acceptors (Lipinski definition) is 4. The van der Waals surface area contributed by atoms with Gasteiger partial charge in [0.2, 0.25) is 5.91 Å². The molecule has 0 radical (unpaired) electrons. The maximum absolute atomic E-state index is 11.6. The molecule has 0 heterocycles. The number of aliphatic carboxylic acids is 1. The molecule has 0 rings (SSSR count). The van der Waals surface area contributed by atoms with Crippen molar-refractivity contribution in [1.82, 2.24) is 15.5 Å². The lowest BCUT2D eigenvalue weighted by molar-refractivity contribution is -0.133. The number of rotatable bonds is 4. The first-order valence-corrected chi connectivity index (χ1v) is 5.81. The van der Waals surface area contributed by atoms with Crippen LogP contribution in [0.4, 0.5) is 4.79 Å². The Morgan fingerprint density at radius 2 is 1.55 bits per heavy atom. The standard InChI is InChI=1S/C12H19N3O5/c1-6(7(2)11(18)19)9(16)14-12(20)13-8(3)10(17)15(4)5/h8H,1-5H3,(H,18,19)(H2,13,14,16,20). The van der Waals surface area contributed by atoms with E-state index in [0.29, 0.717) is 0 Å². The van der Waals surface area contributed by atoms with Crippen molar-refractivity contribution in [2.24, 2.45) is 0 Å². The van der Waals surface area contributed by atoms with Crippen molar-refractivity contribution in [2.45, 2.75) is 26.8 Å². The second-order valence-electron chi connectivity index (χ2n) is 4.44. The summed E-state index contributed by atoms with van der Waals surface area (Å²) in [6.07, 6.45) is 0. The Bertz CT molecular complexity index is 468. The van der Waals surface area contributed by atoms with Gasteiger partial charge in [-0.15, -0.1) is 0 Å². The number of likely N-dealkylation sites (N-methyl/N-ethyl adjacent to an activating group) is 1. The van der Waals surface area contributed by atoms with E-state index in [2.05, 4.69) is 5.32 Å². The Labute approximate surface area is 116 Å². The van der Waals surface area contributed by atoms with Crippen molar-refractivity contribution >= 4 is 23.8 Å². The molecule has 0 aliphatic rings. The van der Waals surface area contributed by atoms with Crippen LogP contribution in [0.2, 0.25) is 0 Å². The average molecular weight is 285 g/mol. The van der Waals surface area contributed by atoms with E-state index < -0.39 is 23.9 Å². The minimum absolute atomic E-state index is 0.0840. The second-order valence-corrected chi connectivity index (χ2v) is 4.44. The molecule has 0 fully saturated rings. The molecule has 0 aromatic carbocycles. The fourth-order valence-corrected chi connectivity index (χ4v) is 1.21. The molecule has 0 saturated heterocycles. The average Bonchev–Trinajstić information content (AvgIpc) is 2.35. The smallest absolute Gasteiger partial charge is 0.331 e. The predicted molar refractivity (Wildman–Crippen MR) is 70.8 cm³/mol. The topological polar surface area (TPSA) is 116 Å². The zero-order valence-electron chi connectivity index (χ0n) is 12.1. The molecule has 4 amide bonds. The number of carbonyl (C=O) groups is 4. The van der Waals surface area contributed by atoms with E-state index in [9.17, 15) is 19.2 Å². The lowest BCUT2D eigenvalue weighted by atomic mass is 10.1. The highest BCUT2D eigenvalue weighted by Gasteiger charge is 2.20. The number of carboxylic acid groups (broad SMARTS) is 1. The third-order valence-electron chi connectivity index (χ3n) is 2.61. The van der Waals surface area contributed by atoms with E-state index >= 15 is 0 Å². The van der Waals surface area contributed by atoms with Crippen LogP contribution >= 0.6 is 0 Å². The molecule has 0 aromatic rings. The molecule has 0 spiro atoms. The van der Waals surface area contributed by atoms with E-state index in [0.717, 1.165) is 0 Å². The summed E-state index contributed by atoms with van der Waals surface area (Å²) in [6, 6.07) is -1.67. The predicted octanol–water partition coefficient (Wildman–Crippen LogP) is -0.290. The van der Waals surface area contributed by atoms with Gasteiger partial charge in [-0.05, 0) is 20.8 Å². The molecule has 0 aliphatic heterocycles. The van der Waals surface area contributed by atoms with Crippen LogP contribution in [0.15, 0.2) is 11.1 Å². The highest BCUT2D eigenvalue weighted by Crippen LogP contribution is 2.03. The Kier molecular flexibility index (Phi) is 6.40. The lowest BCUT2D eigenvalue weighted by Gasteiger charge is -2.18. The van der Waals surface area contributed by atoms with Crippen molar-refractivity contribution in [1.29, 1.82) is 0 Å². The number of carbonyl (C=O) groups excluding carboxylic acids is 3. The number of urea groups is 1. The molecule has 1 unspecified atom stereocenters. The maximum Gasteiger partial charge on any atom is 0.331 e. The van der Waals surface area contributed by atoms with Crippen LogP contribution in [0, 0.1) is 0 Å². The highest BCUT2D eigenvalue weighted by atomic mass is 16.4. The van der Waals surface area contributed by atoms with Gasteiger partial charge in [-0.2, -0.15) is 0 Å². The van der Waals surface area contributed by atoms with Gasteiger partial charge in [-0.3, -0.25) is 14.9 Å². The van der Waals surface area contributed by atoms with Crippen molar-refractivity contribution in [3.05, 3.63) is 11.1 Å². The number of nitrogens with zero attached hydrogens (tertiary/aromatic N) is 1. The first kappa shape index (κ1) is 17.6. The number of carboxylic acids is 1. The summed E-state index contributed by atoms with van der Waals surface area (Å²) in [4.78, 5) is 46.6. The summed E-state index contributed by atoms with van der Waals surface area (Å²) in [5.74, 6) is -2.40. The van der Waals surface area contributed by atoms with Gasteiger partial charge >= 0.3 is 12.0 Å². The molecule has 0 bridgehead atoms. The molecule has 20 heavy (non-hydrogen) atoms. The van der Waals surface area contributed by atoms with E-state index in [1.807, 2.05) is 5.32 Å². The summed E-state index contributed by atoms with van der Waals surface area (Å²) in [5, 5.41) is 13.0. The van der Waals surface area contributed by atoms with Gasteiger partial charge in [-0.1, -0.05) is 0 Å². The summed E-state index contributed by atoms with van der Waals surface area (Å²) in [7, 11) is 3.07. The molecule has 8 heteroatoms. The zero-order valence-corrected chi connectivity index (χ0v) is 12.1. The monoisotopic (exact) mass is 285 g/mol. The Morgan fingerprint density at radius 1 is 1.05 bits per heavy atom. The summed E-state index contributed by atoms with van der Waals surface area (Å²) >= 11 is 0. The number of nitrogens with one attached hydrogen (secondary N) is 2. The molecule has 0 saturated carbocycles. The van der Waals surface area contributed by atoms with Gasteiger partial charge in [0, 0.05) is 25.2 Å². The normalized spacial score (nSPS) is 12.8. The van der Waals surface area contributed by atoms with Crippen LogP contribution < -0.4 is 10.6 Å². The van der Waals surface area contributed by atoms with E-state index in [-0.39, 0.29) is 17.1 Å². The molecular formula is C12H19N3O5. The molecular weight excluding hydrogens is 266 g/mol. The summed E-state index contributed by atoms with van der Waals surface area (Å²) < 4.78 is 0. The molecule has 1 atom stereocenters. The van der Waals surface area contributed by atoms with Gasteiger partial charge < -0.3 is 15.3 Å². The van der Waals surface area contributed by atoms with Crippen LogP contribution in [-0.4, -0.2) is 54.0 Å². The minimum Gasteiger partial charge on any atom is -0.478 e. The van der Waals surface area contributed by atoms with Crippen LogP contribution in [0.5, 0.6) is 0 Å². The van der Waals surface area contributed by atoms with Crippen LogP contribution in [0.1, 0.15) is 20.8 Å². The first-order valence-electron chi connectivity index (χ1n) is 5.81. The van der Waals surface area contributed by atoms with Crippen molar-refractivity contribution in [3.8, 4) is 0 Å². The van der Waals surface area contributed by atoms with Gasteiger partial charge in [0.05, 0.1) is 0 Å². The molecule has 8 nitrogen and oxygen atoms in total. The third kappa shape index (κ3) is 5.09. The number of amides is 4. The SMILES string of the molecule is CC(C(=O)O)=C(C)C(=O)NC(=O)NC(C)C(=O)N(C)C. The third-order valence-corrected chi connectivity index (χ3v) is 2.61. The van der Waals surface area contributed by atoms with Crippen LogP contribution in [0.25, 0.3) is 0 Å². The van der Waals surface area contributed by atoms with Gasteiger partial charge in [0.1, 0.15) is 6.04 Å². The summed E-state index contributed by atoms with van der Waals surface area (Å²) in [6.45, 7) is 4.02. The fourth-order valence-electron chi connectivity index (χ4n) is 1.21. The van der Waals surface area contributed by atoms with E-state index in [1.165, 1.54) is 39.8 Å². The quantitative estimate of drug-likeness (QED) is 0.614. The maximum atomic E-state index is 11.6. The molecule has 0 aromatic heterocycles.